The van der Waals surface area contributed by atoms with E-state index in [2.05, 4.69) is 60.9 Å². The van der Waals surface area contributed by atoms with Crippen molar-refractivity contribution in [3.63, 3.8) is 0 Å². The molecule has 0 saturated heterocycles. The van der Waals surface area contributed by atoms with Crippen molar-refractivity contribution in [3.05, 3.63) is 53.6 Å². The largest absolute Gasteiger partial charge is 0.491 e. The summed E-state index contributed by atoms with van der Waals surface area (Å²) in [7, 11) is 0. The van der Waals surface area contributed by atoms with Crippen LogP contribution in [0.15, 0.2) is 42.5 Å². The molecule has 2 aromatic carbocycles. The lowest BCUT2D eigenvalue weighted by Gasteiger charge is -2.08. The molecule has 0 amide bonds. The van der Waals surface area contributed by atoms with E-state index in [-0.39, 0.29) is 0 Å². The quantitative estimate of drug-likeness (QED) is 0.635. The first kappa shape index (κ1) is 12.5. The predicted octanol–water partition coefficient (Wildman–Crippen LogP) is 4.57. The second-order valence-corrected chi connectivity index (χ2v) is 5.78. The Bertz CT molecular complexity index is 829. The molecule has 0 fully saturated rings. The van der Waals surface area contributed by atoms with E-state index in [1.54, 1.807) is 0 Å². The Balaban J connectivity index is 1.99. The van der Waals surface area contributed by atoms with Crippen molar-refractivity contribution in [2.75, 3.05) is 6.61 Å². The molecule has 0 unspecified atom stereocenters. The molecule has 3 aromatic rings. The SMILES string of the molecule is CCc1ccc2c(c1)OCCn1c-2cc2cc(C)ccc21. The first-order chi connectivity index (χ1) is 10.3. The normalized spacial score (nSPS) is 13.4. The molecular weight excluding hydrogens is 258 g/mol. The van der Waals surface area contributed by atoms with Gasteiger partial charge in [-0.1, -0.05) is 24.6 Å². The number of aromatic nitrogens is 1. The fourth-order valence-corrected chi connectivity index (χ4v) is 3.22. The zero-order valence-corrected chi connectivity index (χ0v) is 12.5. The summed E-state index contributed by atoms with van der Waals surface area (Å²) >= 11 is 0. The summed E-state index contributed by atoms with van der Waals surface area (Å²) in [6.07, 6.45) is 1.04. The maximum Gasteiger partial charge on any atom is 0.128 e. The Morgan fingerprint density at radius 3 is 2.86 bits per heavy atom. The Kier molecular flexibility index (Phi) is 2.78. The predicted molar refractivity (Wildman–Crippen MR) is 87.0 cm³/mol. The minimum atomic E-state index is 0.727. The van der Waals surface area contributed by atoms with Crippen LogP contribution < -0.4 is 4.74 Å². The van der Waals surface area contributed by atoms with Gasteiger partial charge in [0.2, 0.25) is 0 Å². The molecule has 1 aliphatic heterocycles. The van der Waals surface area contributed by atoms with Gasteiger partial charge in [0.15, 0.2) is 0 Å². The van der Waals surface area contributed by atoms with Crippen LogP contribution in [-0.2, 0) is 13.0 Å². The van der Waals surface area contributed by atoms with E-state index in [1.807, 2.05) is 0 Å². The van der Waals surface area contributed by atoms with Crippen molar-refractivity contribution < 1.29 is 4.74 Å². The van der Waals surface area contributed by atoms with E-state index in [0.717, 1.165) is 25.3 Å². The molecule has 21 heavy (non-hydrogen) atoms. The second-order valence-electron chi connectivity index (χ2n) is 5.78. The number of fused-ring (bicyclic) bond motifs is 5. The third-order valence-corrected chi connectivity index (χ3v) is 4.36. The molecule has 1 aliphatic rings. The smallest absolute Gasteiger partial charge is 0.128 e. The molecule has 0 atom stereocenters. The van der Waals surface area contributed by atoms with Gasteiger partial charge in [0, 0.05) is 16.5 Å². The Morgan fingerprint density at radius 2 is 2.00 bits per heavy atom. The molecule has 0 saturated carbocycles. The van der Waals surface area contributed by atoms with Gasteiger partial charge >= 0.3 is 0 Å². The van der Waals surface area contributed by atoms with Crippen LogP contribution in [0, 0.1) is 6.92 Å². The van der Waals surface area contributed by atoms with E-state index in [9.17, 15) is 0 Å². The fourth-order valence-electron chi connectivity index (χ4n) is 3.22. The second kappa shape index (κ2) is 4.66. The van der Waals surface area contributed by atoms with Gasteiger partial charge in [-0.3, -0.25) is 0 Å². The van der Waals surface area contributed by atoms with Crippen molar-refractivity contribution >= 4 is 10.9 Å². The summed E-state index contributed by atoms with van der Waals surface area (Å²) in [4.78, 5) is 0. The lowest BCUT2D eigenvalue weighted by atomic mass is 10.1. The maximum atomic E-state index is 5.98. The molecule has 0 bridgehead atoms. The topological polar surface area (TPSA) is 14.2 Å². The molecule has 0 radical (unpaired) electrons. The van der Waals surface area contributed by atoms with Crippen LogP contribution in [0.1, 0.15) is 18.1 Å². The van der Waals surface area contributed by atoms with Gasteiger partial charge in [-0.15, -0.1) is 0 Å². The van der Waals surface area contributed by atoms with Crippen molar-refractivity contribution in [1.82, 2.24) is 4.57 Å². The highest BCUT2D eigenvalue weighted by atomic mass is 16.5. The number of hydrogen-bond acceptors (Lipinski definition) is 1. The Hall–Kier alpha value is -2.22. The van der Waals surface area contributed by atoms with Crippen molar-refractivity contribution in [2.24, 2.45) is 0 Å². The molecule has 2 heteroatoms. The monoisotopic (exact) mass is 277 g/mol. The van der Waals surface area contributed by atoms with Gasteiger partial charge in [0.05, 0.1) is 12.2 Å². The molecule has 0 aliphatic carbocycles. The van der Waals surface area contributed by atoms with Crippen LogP contribution >= 0.6 is 0 Å². The van der Waals surface area contributed by atoms with Crippen molar-refractivity contribution in [3.8, 4) is 17.0 Å². The summed E-state index contributed by atoms with van der Waals surface area (Å²) < 4.78 is 8.36. The summed E-state index contributed by atoms with van der Waals surface area (Å²) in [6, 6.07) is 15.6. The average Bonchev–Trinajstić information content (AvgIpc) is 2.75. The van der Waals surface area contributed by atoms with E-state index >= 15 is 0 Å². The average molecular weight is 277 g/mol. The maximum absolute atomic E-state index is 5.98. The van der Waals surface area contributed by atoms with E-state index in [1.165, 1.54) is 33.3 Å². The zero-order valence-electron chi connectivity index (χ0n) is 12.5. The summed E-state index contributed by atoms with van der Waals surface area (Å²) in [5.74, 6) is 1.02. The molecule has 106 valence electrons. The van der Waals surface area contributed by atoms with Gasteiger partial charge in [-0.05, 0) is 49.2 Å². The van der Waals surface area contributed by atoms with E-state index < -0.39 is 0 Å². The lowest BCUT2D eigenvalue weighted by molar-refractivity contribution is 0.308. The summed E-state index contributed by atoms with van der Waals surface area (Å²) in [5.41, 5.74) is 6.41. The molecule has 0 N–H and O–H groups in total. The summed E-state index contributed by atoms with van der Waals surface area (Å²) in [6.45, 7) is 5.95. The summed E-state index contributed by atoms with van der Waals surface area (Å²) in [5, 5.41) is 1.32. The molecule has 1 aromatic heterocycles. The van der Waals surface area contributed by atoms with Crippen LogP contribution in [0.25, 0.3) is 22.2 Å². The fraction of sp³-hybridized carbons (Fsp3) is 0.263. The van der Waals surface area contributed by atoms with E-state index in [0.29, 0.717) is 0 Å². The molecule has 2 nitrogen and oxygen atoms in total. The minimum Gasteiger partial charge on any atom is -0.491 e. The van der Waals surface area contributed by atoms with Gasteiger partial charge in [-0.2, -0.15) is 0 Å². The highest BCUT2D eigenvalue weighted by Gasteiger charge is 2.18. The Labute approximate surface area is 125 Å². The third-order valence-electron chi connectivity index (χ3n) is 4.36. The van der Waals surface area contributed by atoms with Gasteiger partial charge in [0.25, 0.3) is 0 Å². The highest BCUT2D eigenvalue weighted by molar-refractivity contribution is 5.89. The van der Waals surface area contributed by atoms with Crippen LogP contribution in [0.2, 0.25) is 0 Å². The number of nitrogens with zero attached hydrogens (tertiary/aromatic N) is 1. The van der Waals surface area contributed by atoms with Crippen molar-refractivity contribution in [2.45, 2.75) is 26.8 Å². The highest BCUT2D eigenvalue weighted by Crippen LogP contribution is 2.37. The number of benzene rings is 2. The van der Waals surface area contributed by atoms with Crippen molar-refractivity contribution in [1.29, 1.82) is 0 Å². The van der Waals surface area contributed by atoms with Gasteiger partial charge < -0.3 is 9.30 Å². The first-order valence-electron chi connectivity index (χ1n) is 7.62. The third kappa shape index (κ3) is 1.94. The number of aryl methyl sites for hydroxylation is 2. The van der Waals surface area contributed by atoms with E-state index in [4.69, 9.17) is 4.74 Å². The van der Waals surface area contributed by atoms with Crippen LogP contribution in [0.5, 0.6) is 5.75 Å². The van der Waals surface area contributed by atoms with Crippen LogP contribution in [-0.4, -0.2) is 11.2 Å². The number of ether oxygens (including phenoxy) is 1. The lowest BCUT2D eigenvalue weighted by Crippen LogP contribution is -2.05. The van der Waals surface area contributed by atoms with Gasteiger partial charge in [-0.25, -0.2) is 0 Å². The standard InChI is InChI=1S/C19H19NO/c1-3-14-5-6-16-18-12-15-10-13(2)4-7-17(15)20(18)8-9-21-19(16)11-14/h4-7,10-12H,3,8-9H2,1-2H3. The van der Waals surface area contributed by atoms with Crippen LogP contribution in [0.4, 0.5) is 0 Å². The van der Waals surface area contributed by atoms with Crippen LogP contribution in [0.3, 0.4) is 0 Å². The van der Waals surface area contributed by atoms with Gasteiger partial charge in [0.1, 0.15) is 12.4 Å². The molecular formula is C19H19NO. The molecule has 4 rings (SSSR count). The minimum absolute atomic E-state index is 0.727. The molecule has 0 spiro atoms. The first-order valence-corrected chi connectivity index (χ1v) is 7.62. The number of hydrogen-bond donors (Lipinski definition) is 0. The zero-order chi connectivity index (χ0) is 14.4. The molecule has 2 heterocycles. The number of rotatable bonds is 1. The Morgan fingerprint density at radius 1 is 1.10 bits per heavy atom.